The molecule has 3 aromatic carbocycles. The fourth-order valence-corrected chi connectivity index (χ4v) is 3.67. The number of benzene rings is 3. The average Bonchev–Trinajstić information content (AvgIpc) is 2.69. The molecule has 0 unspecified atom stereocenters. The Balaban J connectivity index is 1.89. The van der Waals surface area contributed by atoms with E-state index in [-0.39, 0.29) is 11.7 Å². The van der Waals surface area contributed by atoms with Crippen LogP contribution >= 0.6 is 11.8 Å². The third-order valence-corrected chi connectivity index (χ3v) is 5.17. The lowest BCUT2D eigenvalue weighted by atomic mass is 10.1. The number of halogens is 1. The van der Waals surface area contributed by atoms with Crippen LogP contribution in [-0.4, -0.2) is 12.5 Å². The van der Waals surface area contributed by atoms with Crippen LogP contribution in [0, 0.1) is 5.82 Å². The van der Waals surface area contributed by atoms with Gasteiger partial charge in [0.2, 0.25) is 5.91 Å². The molecule has 138 valence electrons. The van der Waals surface area contributed by atoms with Gasteiger partial charge in [-0.15, -0.1) is 11.8 Å². The Morgan fingerprint density at radius 1 is 1.00 bits per heavy atom. The standard InChI is InChI=1S/C22H20FNO2S/c1-2-26-19-14-8-7-13-18(19)24-22(25)21(16-10-4-3-5-11-16)27-20-15-9-6-12-17(20)23/h3-15,21H,2H2,1H3,(H,24,25)/t21-/m0/s1. The van der Waals surface area contributed by atoms with Gasteiger partial charge in [0.1, 0.15) is 16.8 Å². The summed E-state index contributed by atoms with van der Waals surface area (Å²) in [5, 5.41) is 2.33. The van der Waals surface area contributed by atoms with Gasteiger partial charge in [0.15, 0.2) is 0 Å². The number of rotatable bonds is 7. The van der Waals surface area contributed by atoms with Crippen molar-refractivity contribution < 1.29 is 13.9 Å². The van der Waals surface area contributed by atoms with Gasteiger partial charge < -0.3 is 10.1 Å². The van der Waals surface area contributed by atoms with Crippen LogP contribution in [0.5, 0.6) is 5.75 Å². The zero-order valence-electron chi connectivity index (χ0n) is 14.9. The van der Waals surface area contributed by atoms with Crippen molar-refractivity contribution in [1.82, 2.24) is 0 Å². The summed E-state index contributed by atoms with van der Waals surface area (Å²) in [7, 11) is 0. The number of thioether (sulfide) groups is 1. The van der Waals surface area contributed by atoms with E-state index in [4.69, 9.17) is 4.74 Å². The van der Waals surface area contributed by atoms with Crippen molar-refractivity contribution in [2.24, 2.45) is 0 Å². The maximum atomic E-state index is 14.1. The molecular weight excluding hydrogens is 361 g/mol. The first-order valence-corrected chi connectivity index (χ1v) is 9.56. The summed E-state index contributed by atoms with van der Waals surface area (Å²) in [5.74, 6) is 0.0311. The number of ether oxygens (including phenoxy) is 1. The van der Waals surface area contributed by atoms with Crippen LogP contribution in [0.1, 0.15) is 17.7 Å². The first kappa shape index (κ1) is 19.0. The average molecular weight is 381 g/mol. The van der Waals surface area contributed by atoms with Crippen molar-refractivity contribution in [3.63, 3.8) is 0 Å². The Morgan fingerprint density at radius 3 is 2.41 bits per heavy atom. The Labute approximate surface area is 162 Å². The molecule has 0 saturated heterocycles. The normalized spacial score (nSPS) is 11.6. The van der Waals surface area contributed by atoms with Crippen LogP contribution in [-0.2, 0) is 4.79 Å². The highest BCUT2D eigenvalue weighted by molar-refractivity contribution is 8.00. The lowest BCUT2D eigenvalue weighted by molar-refractivity contribution is -0.115. The second-order valence-electron chi connectivity index (χ2n) is 5.76. The molecule has 0 saturated carbocycles. The van der Waals surface area contributed by atoms with Crippen molar-refractivity contribution in [1.29, 1.82) is 0 Å². The van der Waals surface area contributed by atoms with E-state index in [0.717, 1.165) is 5.56 Å². The van der Waals surface area contributed by atoms with Crippen LogP contribution in [0.3, 0.4) is 0 Å². The molecule has 1 atom stereocenters. The summed E-state index contributed by atoms with van der Waals surface area (Å²) in [4.78, 5) is 13.5. The van der Waals surface area contributed by atoms with E-state index in [0.29, 0.717) is 22.9 Å². The predicted molar refractivity (Wildman–Crippen MR) is 108 cm³/mol. The van der Waals surface area contributed by atoms with E-state index in [1.54, 1.807) is 30.3 Å². The number of hydrogen-bond donors (Lipinski definition) is 1. The third-order valence-electron chi connectivity index (χ3n) is 3.87. The SMILES string of the molecule is CCOc1ccccc1NC(=O)[C@@H](Sc1ccccc1F)c1ccccc1. The maximum Gasteiger partial charge on any atom is 0.242 e. The minimum absolute atomic E-state index is 0.235. The lowest BCUT2D eigenvalue weighted by Gasteiger charge is -2.18. The van der Waals surface area contributed by atoms with Crippen LogP contribution in [0.15, 0.2) is 83.8 Å². The van der Waals surface area contributed by atoms with Crippen molar-refractivity contribution >= 4 is 23.4 Å². The summed E-state index contributed by atoms with van der Waals surface area (Å²) >= 11 is 1.19. The van der Waals surface area contributed by atoms with Crippen LogP contribution < -0.4 is 10.1 Å². The smallest absolute Gasteiger partial charge is 0.242 e. The van der Waals surface area contributed by atoms with E-state index in [1.165, 1.54) is 17.8 Å². The lowest BCUT2D eigenvalue weighted by Crippen LogP contribution is -2.19. The monoisotopic (exact) mass is 381 g/mol. The number of amides is 1. The highest BCUT2D eigenvalue weighted by atomic mass is 32.2. The highest BCUT2D eigenvalue weighted by Gasteiger charge is 2.24. The van der Waals surface area contributed by atoms with Crippen molar-refractivity contribution in [3.8, 4) is 5.75 Å². The van der Waals surface area contributed by atoms with Crippen molar-refractivity contribution in [2.45, 2.75) is 17.1 Å². The number of nitrogens with one attached hydrogen (secondary N) is 1. The molecule has 0 aliphatic heterocycles. The first-order chi connectivity index (χ1) is 13.2. The molecular formula is C22H20FNO2S. The van der Waals surface area contributed by atoms with Gasteiger partial charge in [-0.05, 0) is 36.8 Å². The van der Waals surface area contributed by atoms with E-state index in [2.05, 4.69) is 5.32 Å². The zero-order chi connectivity index (χ0) is 19.1. The molecule has 27 heavy (non-hydrogen) atoms. The van der Waals surface area contributed by atoms with Crippen LogP contribution in [0.4, 0.5) is 10.1 Å². The van der Waals surface area contributed by atoms with Gasteiger partial charge in [0.25, 0.3) is 0 Å². The Hall–Kier alpha value is -2.79. The molecule has 0 heterocycles. The summed E-state index contributed by atoms with van der Waals surface area (Å²) in [6, 6.07) is 23.1. The van der Waals surface area contributed by atoms with Gasteiger partial charge in [-0.1, -0.05) is 54.6 Å². The third kappa shape index (κ3) is 4.89. The highest BCUT2D eigenvalue weighted by Crippen LogP contribution is 2.38. The molecule has 0 radical (unpaired) electrons. The molecule has 3 nitrogen and oxygen atoms in total. The molecule has 0 aliphatic carbocycles. The Morgan fingerprint density at radius 2 is 1.67 bits per heavy atom. The van der Waals surface area contributed by atoms with E-state index in [9.17, 15) is 9.18 Å². The predicted octanol–water partition coefficient (Wildman–Crippen LogP) is 5.70. The largest absolute Gasteiger partial charge is 0.492 e. The van der Waals surface area contributed by atoms with Gasteiger partial charge in [-0.25, -0.2) is 4.39 Å². The van der Waals surface area contributed by atoms with Crippen LogP contribution in [0.2, 0.25) is 0 Å². The fourth-order valence-electron chi connectivity index (χ4n) is 2.62. The van der Waals surface area contributed by atoms with Crippen molar-refractivity contribution in [3.05, 3.63) is 90.2 Å². The molecule has 5 heteroatoms. The molecule has 0 aliphatic rings. The molecule has 0 bridgehead atoms. The van der Waals surface area contributed by atoms with E-state index in [1.807, 2.05) is 49.4 Å². The van der Waals surface area contributed by atoms with Gasteiger partial charge in [-0.3, -0.25) is 4.79 Å². The van der Waals surface area contributed by atoms with E-state index >= 15 is 0 Å². The maximum absolute atomic E-state index is 14.1. The molecule has 0 aromatic heterocycles. The molecule has 1 N–H and O–H groups in total. The molecule has 3 rings (SSSR count). The Bertz CT molecular complexity index is 902. The van der Waals surface area contributed by atoms with Crippen molar-refractivity contribution in [2.75, 3.05) is 11.9 Å². The molecule has 0 fully saturated rings. The second-order valence-corrected chi connectivity index (χ2v) is 6.90. The summed E-state index contributed by atoms with van der Waals surface area (Å²) in [6.45, 7) is 2.39. The first-order valence-electron chi connectivity index (χ1n) is 8.68. The van der Waals surface area contributed by atoms with Gasteiger partial charge in [0.05, 0.1) is 12.3 Å². The Kier molecular flexibility index (Phi) is 6.49. The van der Waals surface area contributed by atoms with Gasteiger partial charge in [-0.2, -0.15) is 0 Å². The topological polar surface area (TPSA) is 38.3 Å². The fraction of sp³-hybridized carbons (Fsp3) is 0.136. The summed E-state index contributed by atoms with van der Waals surface area (Å²) < 4.78 is 19.7. The number of carbonyl (C=O) groups is 1. The molecule has 1 amide bonds. The number of hydrogen-bond acceptors (Lipinski definition) is 3. The molecule has 0 spiro atoms. The number of carbonyl (C=O) groups excluding carboxylic acids is 1. The summed E-state index contributed by atoms with van der Waals surface area (Å²) in [5.41, 5.74) is 1.40. The molecule has 3 aromatic rings. The number of anilines is 1. The van der Waals surface area contributed by atoms with E-state index < -0.39 is 5.25 Å². The van der Waals surface area contributed by atoms with Gasteiger partial charge in [0, 0.05) is 4.90 Å². The van der Waals surface area contributed by atoms with Crippen LogP contribution in [0.25, 0.3) is 0 Å². The zero-order valence-corrected chi connectivity index (χ0v) is 15.7. The minimum Gasteiger partial charge on any atom is -0.492 e. The van der Waals surface area contributed by atoms with Gasteiger partial charge >= 0.3 is 0 Å². The second kappa shape index (κ2) is 9.24. The number of para-hydroxylation sites is 2. The minimum atomic E-state index is -0.599. The quantitative estimate of drug-likeness (QED) is 0.534. The summed E-state index contributed by atoms with van der Waals surface area (Å²) in [6.07, 6.45) is 0.